The average Bonchev–Trinajstić information content (AvgIpc) is 4.25. The van der Waals surface area contributed by atoms with Crippen molar-refractivity contribution < 1.29 is 28.1 Å². The topological polar surface area (TPSA) is 0 Å². The molecule has 0 heterocycles. The Balaban J connectivity index is 1.60. The van der Waals surface area contributed by atoms with Crippen LogP contribution in [0.5, 0.6) is 0 Å². The van der Waals surface area contributed by atoms with Crippen LogP contribution in [0.3, 0.4) is 0 Å². The van der Waals surface area contributed by atoms with Gasteiger partial charge in [-0.15, -0.1) is 0 Å². The molecule has 4 atom stereocenters. The van der Waals surface area contributed by atoms with Crippen molar-refractivity contribution in [3.63, 3.8) is 0 Å². The third-order valence-corrected chi connectivity index (χ3v) is 127. The third-order valence-electron chi connectivity index (χ3n) is 21.2. The summed E-state index contributed by atoms with van der Waals surface area (Å²) in [5.74, 6) is 2.73. The summed E-state index contributed by atoms with van der Waals surface area (Å²) < 4.78 is 0.982. The molecule has 0 amide bonds. The Kier molecular flexibility index (Phi) is 17.0. The van der Waals surface area contributed by atoms with Gasteiger partial charge in [0.2, 0.25) is 0 Å². The van der Waals surface area contributed by atoms with E-state index in [1.54, 1.807) is 0 Å². The van der Waals surface area contributed by atoms with E-state index in [0.717, 1.165) is 12.1 Å². The Bertz CT molecular complexity index is 2840. The number of allylic oxidation sites excluding steroid dienone is 4. The molecule has 8 heteroatoms. The van der Waals surface area contributed by atoms with Crippen molar-refractivity contribution in [3.05, 3.63) is 160 Å². The van der Waals surface area contributed by atoms with E-state index in [0.29, 0.717) is 55.6 Å². The van der Waals surface area contributed by atoms with E-state index in [-0.39, 0.29) is 14.5 Å². The van der Waals surface area contributed by atoms with E-state index in [2.05, 4.69) is 225 Å². The molecule has 0 fully saturated rings. The molecule has 0 nitrogen and oxygen atoms in total. The first-order valence-electron chi connectivity index (χ1n) is 31.0. The predicted octanol–water partition coefficient (Wildman–Crippen LogP) is 23.6. The van der Waals surface area contributed by atoms with Gasteiger partial charge >= 0.3 is 494 Å². The van der Waals surface area contributed by atoms with Crippen LogP contribution in [0.2, 0.25) is 20.3 Å². The number of rotatable bonds is 19. The van der Waals surface area contributed by atoms with E-state index in [1.165, 1.54) is 111 Å². The van der Waals surface area contributed by atoms with E-state index >= 15 is 0 Å². The van der Waals surface area contributed by atoms with E-state index in [4.69, 9.17) is 0 Å². The molecule has 0 spiro atoms. The zero-order chi connectivity index (χ0) is 58.0. The Labute approximate surface area is 488 Å². The minimum atomic E-state index is -6.42. The van der Waals surface area contributed by atoms with Crippen LogP contribution in [0.25, 0.3) is 24.3 Å². The third kappa shape index (κ3) is 9.74. The van der Waals surface area contributed by atoms with Gasteiger partial charge in [-0.2, -0.15) is 0 Å². The molecule has 0 aromatic heterocycles. The van der Waals surface area contributed by atoms with Gasteiger partial charge in [-0.05, 0) is 0 Å². The number of halogens is 4. The van der Waals surface area contributed by atoms with Gasteiger partial charge in [0.25, 0.3) is 0 Å². The number of hydrogen-bond acceptors (Lipinski definition) is 0. The molecule has 78 heavy (non-hydrogen) atoms. The summed E-state index contributed by atoms with van der Waals surface area (Å²) in [6.45, 7) is 49.9. The van der Waals surface area contributed by atoms with Crippen LogP contribution < -0.4 is 0 Å². The van der Waals surface area contributed by atoms with Gasteiger partial charge in [-0.1, -0.05) is 0 Å². The fourth-order valence-electron chi connectivity index (χ4n) is 17.9. The Morgan fingerprint density at radius 1 is 0.333 bits per heavy atom. The van der Waals surface area contributed by atoms with Gasteiger partial charge < -0.3 is 0 Å². The second-order valence-corrected chi connectivity index (χ2v) is 135. The van der Waals surface area contributed by atoms with E-state index in [1.807, 2.05) is 0 Å². The molecular weight excluding hydrogens is 1220 g/mol. The van der Waals surface area contributed by atoms with Gasteiger partial charge in [-0.25, -0.2) is 0 Å². The fourth-order valence-corrected chi connectivity index (χ4v) is 170. The summed E-state index contributed by atoms with van der Waals surface area (Å²) >= 11 is -12.8. The molecule has 0 N–H and O–H groups in total. The molecular formula is C70H102Cl4Si2Zr2. The number of benzene rings is 4. The van der Waals surface area contributed by atoms with Crippen LogP contribution in [0, 0.1) is 0 Å². The van der Waals surface area contributed by atoms with Gasteiger partial charge in [0.15, 0.2) is 0 Å². The zero-order valence-corrected chi connectivity index (χ0v) is 63.4. The molecule has 4 aromatic rings. The summed E-state index contributed by atoms with van der Waals surface area (Å²) in [7, 11) is 41.1. The Morgan fingerprint density at radius 2 is 0.526 bits per heavy atom. The van der Waals surface area contributed by atoms with Crippen LogP contribution in [-0.4, -0.2) is 13.3 Å². The van der Waals surface area contributed by atoms with Gasteiger partial charge in [-0.3, -0.25) is 0 Å². The SMILES string of the molecule is CC[SiH2][Zr]([Cl])([Cl])([CH2][CH2][Zr]([Cl])([Cl])([SiH2]CC)([CH]1C(C)=Cc2c(C(C)C)cc(C(C)C)cc21)[CH]1C(C)=Cc2c(C(C)C)cc(C(C)C)cc21)([CH]1C(C)=Cc2c(C(C)C)cc(C(C)C)cc21)[CH]1C(C)=Cc2c(C(C)C)cc(C(C)C)cc21. The first-order valence-corrected chi connectivity index (χ1v) is 66.7. The average molecular weight is 1320 g/mol. The molecule has 0 saturated carbocycles. The molecule has 426 valence electrons. The van der Waals surface area contributed by atoms with Crippen LogP contribution in [-0.2, 0) is 28.1 Å². The maximum atomic E-state index is 10.3. The predicted molar refractivity (Wildman–Crippen MR) is 355 cm³/mol. The summed E-state index contributed by atoms with van der Waals surface area (Å²) in [5, 5.41) is 0. The summed E-state index contributed by atoms with van der Waals surface area (Å²) in [4.78, 5) is 0. The maximum absolute atomic E-state index is 10.3. The van der Waals surface area contributed by atoms with Crippen molar-refractivity contribution in [3.8, 4) is 0 Å². The quantitative estimate of drug-likeness (QED) is 0.0821. The van der Waals surface area contributed by atoms with Crippen molar-refractivity contribution in [2.75, 3.05) is 0 Å². The molecule has 0 radical (unpaired) electrons. The van der Waals surface area contributed by atoms with Crippen LogP contribution in [0.4, 0.5) is 0 Å². The standard InChI is InChI=1S/4C16H21.2C2H7Si.C2H4.4ClH.2Zr/c4*1-10(2)13-8-14-6-12(5)7-16(14)15(9-13)11(3)4;2*1-2-3;1-2;;;;;;/h4*6-11H,1-5H3;2*2-3H2,1H3;1-2H2;4*1H;;/q;;;;;;;;;;;2*+2/p-4. The minimum absolute atomic E-state index is 0.108. The van der Waals surface area contributed by atoms with Crippen LogP contribution in [0.15, 0.2) is 70.8 Å². The van der Waals surface area contributed by atoms with Crippen LogP contribution >= 0.6 is 34.1 Å². The number of hydrogen-bond donors (Lipinski definition) is 0. The Hall–Kier alpha value is -0.800. The van der Waals surface area contributed by atoms with Gasteiger partial charge in [0, 0.05) is 0 Å². The van der Waals surface area contributed by atoms with Crippen molar-refractivity contribution in [2.24, 2.45) is 0 Å². The first-order chi connectivity index (χ1) is 36.0. The molecule has 0 aliphatic heterocycles. The second kappa shape index (κ2) is 21.0. The molecule has 0 saturated heterocycles. The van der Waals surface area contributed by atoms with Crippen molar-refractivity contribution in [1.29, 1.82) is 0 Å². The summed E-state index contributed by atoms with van der Waals surface area (Å²) in [6, 6.07) is 22.4. The molecule has 4 unspecified atom stereocenters. The van der Waals surface area contributed by atoms with Crippen molar-refractivity contribution in [2.45, 2.75) is 235 Å². The van der Waals surface area contributed by atoms with E-state index < -0.39 is 41.4 Å². The number of fused-ring (bicyclic) bond motifs is 4. The van der Waals surface area contributed by atoms with Crippen molar-refractivity contribution in [1.82, 2.24) is 0 Å². The summed E-state index contributed by atoms with van der Waals surface area (Å²) in [6.07, 6.45) is 10.2. The van der Waals surface area contributed by atoms with Crippen LogP contribution in [0.1, 0.15) is 303 Å². The van der Waals surface area contributed by atoms with Crippen molar-refractivity contribution >= 4 is 71.6 Å². The normalized spacial score (nSPS) is 21.4. The molecule has 4 aliphatic rings. The second-order valence-electron chi connectivity index (χ2n) is 29.5. The molecule has 4 aromatic carbocycles. The molecule has 8 rings (SSSR count). The summed E-state index contributed by atoms with van der Waals surface area (Å²) in [5.41, 5.74) is 27.7. The zero-order valence-electron chi connectivity index (χ0n) is 52.6. The molecule has 0 bridgehead atoms. The molecule has 4 aliphatic carbocycles. The van der Waals surface area contributed by atoms with Gasteiger partial charge in [0.1, 0.15) is 0 Å². The fraction of sp³-hybridized carbons (Fsp3) is 0.543. The monoisotopic (exact) mass is 1320 g/mol. The first kappa shape index (κ1) is 63.2. The van der Waals surface area contributed by atoms with E-state index in [9.17, 15) is 34.1 Å². The van der Waals surface area contributed by atoms with Gasteiger partial charge in [0.05, 0.1) is 0 Å². The Morgan fingerprint density at radius 3 is 0.679 bits per heavy atom.